The monoisotopic (exact) mass is 199 g/mol. The SMILES string of the molecule is CCC(O)CNCC1C(C)(C)C1(C)C. The van der Waals surface area contributed by atoms with Gasteiger partial charge in [0, 0.05) is 6.54 Å². The Morgan fingerprint density at radius 2 is 1.71 bits per heavy atom. The van der Waals surface area contributed by atoms with Gasteiger partial charge in [-0.1, -0.05) is 34.6 Å². The molecular weight excluding hydrogens is 174 g/mol. The lowest BCUT2D eigenvalue weighted by molar-refractivity contribution is 0.166. The Bertz CT molecular complexity index is 184. The summed E-state index contributed by atoms with van der Waals surface area (Å²) in [6, 6.07) is 0. The summed E-state index contributed by atoms with van der Waals surface area (Å²) in [5, 5.41) is 12.7. The Morgan fingerprint density at radius 3 is 2.07 bits per heavy atom. The van der Waals surface area contributed by atoms with Crippen LogP contribution in [0.3, 0.4) is 0 Å². The zero-order valence-electron chi connectivity index (χ0n) is 10.2. The van der Waals surface area contributed by atoms with Crippen molar-refractivity contribution in [3.05, 3.63) is 0 Å². The molecule has 0 bridgehead atoms. The van der Waals surface area contributed by atoms with Crippen LogP contribution in [0.1, 0.15) is 41.0 Å². The van der Waals surface area contributed by atoms with Gasteiger partial charge in [0.2, 0.25) is 0 Å². The second-order valence-electron chi connectivity index (χ2n) is 5.72. The second kappa shape index (κ2) is 3.82. The number of nitrogens with one attached hydrogen (secondary N) is 1. The molecule has 84 valence electrons. The van der Waals surface area contributed by atoms with Crippen molar-refractivity contribution < 1.29 is 5.11 Å². The molecule has 0 heterocycles. The van der Waals surface area contributed by atoms with Gasteiger partial charge in [-0.05, 0) is 29.7 Å². The molecule has 1 rings (SSSR count). The Labute approximate surface area is 88.1 Å². The van der Waals surface area contributed by atoms with E-state index in [1.165, 1.54) is 0 Å². The molecule has 0 amide bonds. The van der Waals surface area contributed by atoms with E-state index >= 15 is 0 Å². The van der Waals surface area contributed by atoms with Gasteiger partial charge in [0.15, 0.2) is 0 Å². The average molecular weight is 199 g/mol. The van der Waals surface area contributed by atoms with Crippen molar-refractivity contribution in [2.45, 2.75) is 47.1 Å². The van der Waals surface area contributed by atoms with E-state index in [1.54, 1.807) is 0 Å². The van der Waals surface area contributed by atoms with Gasteiger partial charge < -0.3 is 10.4 Å². The fourth-order valence-electron chi connectivity index (χ4n) is 2.38. The Morgan fingerprint density at radius 1 is 1.21 bits per heavy atom. The standard InChI is InChI=1S/C12H25NO/c1-6-9(14)7-13-8-10-11(2,3)12(10,4)5/h9-10,13-14H,6-8H2,1-5H3. The van der Waals surface area contributed by atoms with Crippen LogP contribution in [0.25, 0.3) is 0 Å². The van der Waals surface area contributed by atoms with Gasteiger partial charge in [-0.2, -0.15) is 0 Å². The maximum absolute atomic E-state index is 9.39. The summed E-state index contributed by atoms with van der Waals surface area (Å²) in [6.07, 6.45) is 0.657. The van der Waals surface area contributed by atoms with Crippen molar-refractivity contribution in [1.29, 1.82) is 0 Å². The van der Waals surface area contributed by atoms with Crippen LogP contribution in [0.5, 0.6) is 0 Å². The van der Waals surface area contributed by atoms with Crippen LogP contribution in [0, 0.1) is 16.7 Å². The van der Waals surface area contributed by atoms with Crippen molar-refractivity contribution in [3.63, 3.8) is 0 Å². The van der Waals surface area contributed by atoms with Crippen molar-refractivity contribution in [2.75, 3.05) is 13.1 Å². The predicted octanol–water partition coefficient (Wildman–Crippen LogP) is 2.03. The summed E-state index contributed by atoms with van der Waals surface area (Å²) in [4.78, 5) is 0. The van der Waals surface area contributed by atoms with Gasteiger partial charge >= 0.3 is 0 Å². The normalized spacial score (nSPS) is 26.1. The van der Waals surface area contributed by atoms with E-state index in [1.807, 2.05) is 6.92 Å². The first-order valence-corrected chi connectivity index (χ1v) is 5.72. The second-order valence-corrected chi connectivity index (χ2v) is 5.72. The van der Waals surface area contributed by atoms with E-state index < -0.39 is 0 Å². The van der Waals surface area contributed by atoms with Gasteiger partial charge in [0.1, 0.15) is 0 Å². The number of hydrogen-bond acceptors (Lipinski definition) is 2. The lowest BCUT2D eigenvalue weighted by atomic mass is 10.0. The summed E-state index contributed by atoms with van der Waals surface area (Å²) < 4.78 is 0. The van der Waals surface area contributed by atoms with Crippen LogP contribution in [-0.4, -0.2) is 24.3 Å². The molecule has 2 nitrogen and oxygen atoms in total. The molecule has 0 aromatic heterocycles. The highest BCUT2D eigenvalue weighted by atomic mass is 16.3. The van der Waals surface area contributed by atoms with Gasteiger partial charge in [-0.25, -0.2) is 0 Å². The Hall–Kier alpha value is -0.0800. The third-order valence-electron chi connectivity index (χ3n) is 4.52. The van der Waals surface area contributed by atoms with Crippen LogP contribution in [0.4, 0.5) is 0 Å². The van der Waals surface area contributed by atoms with E-state index in [-0.39, 0.29) is 6.10 Å². The van der Waals surface area contributed by atoms with Crippen LogP contribution >= 0.6 is 0 Å². The number of hydrogen-bond donors (Lipinski definition) is 2. The van der Waals surface area contributed by atoms with E-state index in [0.717, 1.165) is 25.4 Å². The first kappa shape index (κ1) is 12.0. The molecule has 1 aliphatic rings. The average Bonchev–Trinajstić information content (AvgIpc) is 2.47. The number of rotatable bonds is 5. The summed E-state index contributed by atoms with van der Waals surface area (Å²) in [5.74, 6) is 0.749. The molecule has 14 heavy (non-hydrogen) atoms. The van der Waals surface area contributed by atoms with E-state index in [2.05, 4.69) is 33.0 Å². The molecule has 0 aromatic carbocycles. The molecule has 1 atom stereocenters. The van der Waals surface area contributed by atoms with Crippen molar-refractivity contribution >= 4 is 0 Å². The van der Waals surface area contributed by atoms with Crippen molar-refractivity contribution in [3.8, 4) is 0 Å². The summed E-state index contributed by atoms with van der Waals surface area (Å²) in [5.41, 5.74) is 0.911. The molecule has 1 unspecified atom stereocenters. The maximum atomic E-state index is 9.39. The molecular formula is C12H25NO. The molecule has 0 saturated heterocycles. The van der Waals surface area contributed by atoms with Gasteiger partial charge in [-0.3, -0.25) is 0 Å². The maximum Gasteiger partial charge on any atom is 0.0662 e. The quantitative estimate of drug-likeness (QED) is 0.710. The molecule has 0 spiro atoms. The minimum Gasteiger partial charge on any atom is -0.392 e. The zero-order chi connectivity index (χ0) is 11.0. The number of aliphatic hydroxyl groups excluding tert-OH is 1. The fourth-order valence-corrected chi connectivity index (χ4v) is 2.38. The largest absolute Gasteiger partial charge is 0.392 e. The van der Waals surface area contributed by atoms with Gasteiger partial charge in [-0.15, -0.1) is 0 Å². The predicted molar refractivity (Wildman–Crippen MR) is 60.2 cm³/mol. The zero-order valence-corrected chi connectivity index (χ0v) is 10.2. The highest BCUT2D eigenvalue weighted by Crippen LogP contribution is 2.67. The third-order valence-corrected chi connectivity index (χ3v) is 4.52. The summed E-state index contributed by atoms with van der Waals surface area (Å²) in [6.45, 7) is 13.1. The lowest BCUT2D eigenvalue weighted by Gasteiger charge is -2.09. The van der Waals surface area contributed by atoms with Crippen LogP contribution in [0.15, 0.2) is 0 Å². The van der Waals surface area contributed by atoms with Crippen molar-refractivity contribution in [1.82, 2.24) is 5.32 Å². The lowest BCUT2D eigenvalue weighted by Crippen LogP contribution is -2.28. The highest BCUT2D eigenvalue weighted by molar-refractivity contribution is 5.12. The summed E-state index contributed by atoms with van der Waals surface area (Å²) >= 11 is 0. The van der Waals surface area contributed by atoms with Crippen LogP contribution < -0.4 is 5.32 Å². The van der Waals surface area contributed by atoms with E-state index in [4.69, 9.17) is 0 Å². The van der Waals surface area contributed by atoms with Crippen LogP contribution in [-0.2, 0) is 0 Å². The van der Waals surface area contributed by atoms with E-state index in [0.29, 0.717) is 10.8 Å². The Kier molecular flexibility index (Phi) is 3.27. The molecule has 1 fully saturated rings. The van der Waals surface area contributed by atoms with E-state index in [9.17, 15) is 5.11 Å². The molecule has 2 N–H and O–H groups in total. The fraction of sp³-hybridized carbons (Fsp3) is 1.00. The molecule has 0 radical (unpaired) electrons. The van der Waals surface area contributed by atoms with Gasteiger partial charge in [0.25, 0.3) is 0 Å². The molecule has 0 aliphatic heterocycles. The smallest absolute Gasteiger partial charge is 0.0662 e. The molecule has 2 heteroatoms. The minimum absolute atomic E-state index is 0.181. The third kappa shape index (κ3) is 1.96. The summed E-state index contributed by atoms with van der Waals surface area (Å²) in [7, 11) is 0. The molecule has 0 aromatic rings. The van der Waals surface area contributed by atoms with Gasteiger partial charge in [0.05, 0.1) is 6.10 Å². The Balaban J connectivity index is 2.22. The van der Waals surface area contributed by atoms with Crippen molar-refractivity contribution in [2.24, 2.45) is 16.7 Å². The number of aliphatic hydroxyl groups is 1. The van der Waals surface area contributed by atoms with Crippen LogP contribution in [0.2, 0.25) is 0 Å². The molecule has 1 aliphatic carbocycles. The minimum atomic E-state index is -0.181. The topological polar surface area (TPSA) is 32.3 Å². The highest BCUT2D eigenvalue weighted by Gasteiger charge is 2.63. The molecule has 1 saturated carbocycles. The first-order chi connectivity index (χ1) is 6.34. The first-order valence-electron chi connectivity index (χ1n) is 5.72.